The number of piperidine rings is 1. The minimum absolute atomic E-state index is 0.125. The smallest absolute Gasteiger partial charge is 0.234 e. The molecule has 0 aromatic rings. The molecule has 0 saturated carbocycles. The minimum Gasteiger partial charge on any atom is -0.396 e. The lowest BCUT2D eigenvalue weighted by molar-refractivity contribution is -0.122. The number of aliphatic hydroxyl groups excluding tert-OH is 1. The number of rotatable bonds is 6. The van der Waals surface area contributed by atoms with Crippen LogP contribution >= 0.6 is 0 Å². The number of carbonyl (C=O) groups excluding carboxylic acids is 1. The standard InChI is InChI=1S/C16H28N2O2/c19-13-15-7-4-10-18(11-15)12-16(20)17-9-8-14-5-2-1-3-6-14/h5,15,19H,1-4,6-13H2,(H,17,20). The van der Waals surface area contributed by atoms with Crippen LogP contribution in [0.15, 0.2) is 11.6 Å². The summed E-state index contributed by atoms with van der Waals surface area (Å²) in [4.78, 5) is 14.1. The van der Waals surface area contributed by atoms with Crippen molar-refractivity contribution in [2.24, 2.45) is 5.92 Å². The van der Waals surface area contributed by atoms with Gasteiger partial charge < -0.3 is 10.4 Å². The fourth-order valence-electron chi connectivity index (χ4n) is 3.20. The number of nitrogens with one attached hydrogen (secondary N) is 1. The number of aliphatic hydroxyl groups is 1. The molecule has 1 amide bonds. The normalized spacial score (nSPS) is 24.2. The molecule has 4 nitrogen and oxygen atoms in total. The molecule has 0 bridgehead atoms. The van der Waals surface area contributed by atoms with Crippen LogP contribution < -0.4 is 5.32 Å². The van der Waals surface area contributed by atoms with Crippen molar-refractivity contribution < 1.29 is 9.90 Å². The molecule has 1 saturated heterocycles. The Labute approximate surface area is 122 Å². The van der Waals surface area contributed by atoms with E-state index >= 15 is 0 Å². The summed E-state index contributed by atoms with van der Waals surface area (Å²) >= 11 is 0. The molecule has 0 aromatic carbocycles. The van der Waals surface area contributed by atoms with Crippen LogP contribution in [-0.4, -0.2) is 48.7 Å². The van der Waals surface area contributed by atoms with E-state index in [1.54, 1.807) is 0 Å². The zero-order chi connectivity index (χ0) is 14.2. The average Bonchev–Trinajstić information content (AvgIpc) is 2.48. The maximum atomic E-state index is 11.9. The number of allylic oxidation sites excluding steroid dienone is 1. The number of nitrogens with zero attached hydrogens (tertiary/aromatic N) is 1. The molecule has 1 atom stereocenters. The van der Waals surface area contributed by atoms with Gasteiger partial charge in [0.2, 0.25) is 5.91 Å². The van der Waals surface area contributed by atoms with Crippen molar-refractivity contribution >= 4 is 5.91 Å². The van der Waals surface area contributed by atoms with Gasteiger partial charge in [-0.05, 0) is 57.4 Å². The van der Waals surface area contributed by atoms with Gasteiger partial charge in [0.1, 0.15) is 0 Å². The maximum Gasteiger partial charge on any atom is 0.234 e. The summed E-state index contributed by atoms with van der Waals surface area (Å²) in [6.07, 6.45) is 10.6. The lowest BCUT2D eigenvalue weighted by atomic mass is 9.97. The summed E-state index contributed by atoms with van der Waals surface area (Å²) in [5.41, 5.74) is 1.51. The van der Waals surface area contributed by atoms with Crippen molar-refractivity contribution in [3.05, 3.63) is 11.6 Å². The summed E-state index contributed by atoms with van der Waals surface area (Å²) in [7, 11) is 0. The minimum atomic E-state index is 0.125. The van der Waals surface area contributed by atoms with E-state index in [1.165, 1.54) is 31.3 Å². The van der Waals surface area contributed by atoms with E-state index in [9.17, 15) is 9.90 Å². The van der Waals surface area contributed by atoms with E-state index in [1.807, 2.05) is 0 Å². The molecule has 0 radical (unpaired) electrons. The van der Waals surface area contributed by atoms with Gasteiger partial charge in [-0.2, -0.15) is 0 Å². The third-order valence-electron chi connectivity index (χ3n) is 4.38. The van der Waals surface area contributed by atoms with Crippen LogP contribution in [0.4, 0.5) is 0 Å². The topological polar surface area (TPSA) is 52.6 Å². The summed E-state index contributed by atoms with van der Waals surface area (Å²) in [5.74, 6) is 0.476. The van der Waals surface area contributed by atoms with Crippen LogP contribution in [0.2, 0.25) is 0 Å². The fourth-order valence-corrected chi connectivity index (χ4v) is 3.20. The highest BCUT2D eigenvalue weighted by molar-refractivity contribution is 5.78. The molecular weight excluding hydrogens is 252 g/mol. The predicted molar refractivity (Wildman–Crippen MR) is 80.4 cm³/mol. The van der Waals surface area contributed by atoms with Crippen LogP contribution in [0, 0.1) is 5.92 Å². The van der Waals surface area contributed by atoms with Gasteiger partial charge in [-0.25, -0.2) is 0 Å². The zero-order valence-electron chi connectivity index (χ0n) is 12.4. The number of hydrogen-bond donors (Lipinski definition) is 2. The van der Waals surface area contributed by atoms with E-state index in [0.29, 0.717) is 12.5 Å². The van der Waals surface area contributed by atoms with Gasteiger partial charge in [-0.3, -0.25) is 9.69 Å². The first-order valence-corrected chi connectivity index (χ1v) is 8.05. The van der Waals surface area contributed by atoms with Crippen molar-refractivity contribution in [3.63, 3.8) is 0 Å². The number of likely N-dealkylation sites (tertiary alicyclic amines) is 1. The number of carbonyl (C=O) groups is 1. The van der Waals surface area contributed by atoms with Crippen LogP contribution in [0.5, 0.6) is 0 Å². The molecule has 2 N–H and O–H groups in total. The zero-order valence-corrected chi connectivity index (χ0v) is 12.4. The quantitative estimate of drug-likeness (QED) is 0.728. The first-order chi connectivity index (χ1) is 9.78. The van der Waals surface area contributed by atoms with Gasteiger partial charge in [0.05, 0.1) is 6.54 Å². The lowest BCUT2D eigenvalue weighted by Crippen LogP contribution is -2.43. The van der Waals surface area contributed by atoms with Gasteiger partial charge in [-0.1, -0.05) is 11.6 Å². The summed E-state index contributed by atoms with van der Waals surface area (Å²) in [5, 5.41) is 12.2. The van der Waals surface area contributed by atoms with Gasteiger partial charge in [0.15, 0.2) is 0 Å². The number of hydrogen-bond acceptors (Lipinski definition) is 3. The molecule has 0 aromatic heterocycles. The van der Waals surface area contributed by atoms with E-state index in [0.717, 1.165) is 38.9 Å². The average molecular weight is 280 g/mol. The maximum absolute atomic E-state index is 11.9. The van der Waals surface area contributed by atoms with Crippen LogP contribution in [0.3, 0.4) is 0 Å². The van der Waals surface area contributed by atoms with Gasteiger partial charge in [-0.15, -0.1) is 0 Å². The highest BCUT2D eigenvalue weighted by Crippen LogP contribution is 2.19. The molecule has 1 unspecified atom stereocenters. The summed E-state index contributed by atoms with van der Waals surface area (Å²) in [6, 6.07) is 0. The lowest BCUT2D eigenvalue weighted by Gasteiger charge is -2.31. The van der Waals surface area contributed by atoms with E-state index in [2.05, 4.69) is 16.3 Å². The molecule has 2 aliphatic rings. The molecule has 0 spiro atoms. The molecule has 114 valence electrons. The summed E-state index contributed by atoms with van der Waals surface area (Å²) < 4.78 is 0. The van der Waals surface area contributed by atoms with Crippen molar-refractivity contribution in [1.29, 1.82) is 0 Å². The second-order valence-electron chi connectivity index (χ2n) is 6.13. The van der Waals surface area contributed by atoms with Gasteiger partial charge in [0, 0.05) is 19.7 Å². The Morgan fingerprint density at radius 3 is 3.05 bits per heavy atom. The van der Waals surface area contributed by atoms with Crippen molar-refractivity contribution in [3.8, 4) is 0 Å². The monoisotopic (exact) mass is 280 g/mol. The molecule has 1 aliphatic heterocycles. The Morgan fingerprint density at radius 1 is 1.40 bits per heavy atom. The Hall–Kier alpha value is -0.870. The number of amides is 1. The Bertz CT molecular complexity index is 341. The molecule has 20 heavy (non-hydrogen) atoms. The predicted octanol–water partition coefficient (Wildman–Crippen LogP) is 1.70. The van der Waals surface area contributed by atoms with Crippen LogP contribution in [-0.2, 0) is 4.79 Å². The Morgan fingerprint density at radius 2 is 2.30 bits per heavy atom. The largest absolute Gasteiger partial charge is 0.396 e. The Kier molecular flexibility index (Phi) is 6.54. The van der Waals surface area contributed by atoms with Gasteiger partial charge in [0.25, 0.3) is 0 Å². The second-order valence-corrected chi connectivity index (χ2v) is 6.13. The third kappa shape index (κ3) is 5.25. The second kappa shape index (κ2) is 8.42. The van der Waals surface area contributed by atoms with Crippen LogP contribution in [0.1, 0.15) is 44.9 Å². The van der Waals surface area contributed by atoms with Crippen molar-refractivity contribution in [1.82, 2.24) is 10.2 Å². The molecule has 2 rings (SSSR count). The van der Waals surface area contributed by atoms with Crippen molar-refractivity contribution in [2.75, 3.05) is 32.8 Å². The molecule has 1 fully saturated rings. The SMILES string of the molecule is O=C(CN1CCCC(CO)C1)NCCC1=CCCCC1. The van der Waals surface area contributed by atoms with E-state index in [-0.39, 0.29) is 12.5 Å². The summed E-state index contributed by atoms with van der Waals surface area (Å²) in [6.45, 7) is 3.33. The highest BCUT2D eigenvalue weighted by Gasteiger charge is 2.20. The molecule has 1 aliphatic carbocycles. The first kappa shape index (κ1) is 15.5. The third-order valence-corrected chi connectivity index (χ3v) is 4.38. The van der Waals surface area contributed by atoms with Crippen LogP contribution in [0.25, 0.3) is 0 Å². The molecular formula is C16H28N2O2. The Balaban J connectivity index is 1.61. The first-order valence-electron chi connectivity index (χ1n) is 8.05. The van der Waals surface area contributed by atoms with Crippen molar-refractivity contribution in [2.45, 2.75) is 44.9 Å². The van der Waals surface area contributed by atoms with E-state index in [4.69, 9.17) is 0 Å². The molecule has 1 heterocycles. The van der Waals surface area contributed by atoms with E-state index < -0.39 is 0 Å². The fraction of sp³-hybridized carbons (Fsp3) is 0.812. The highest BCUT2D eigenvalue weighted by atomic mass is 16.3. The molecule has 4 heteroatoms. The van der Waals surface area contributed by atoms with Gasteiger partial charge >= 0.3 is 0 Å².